The Morgan fingerprint density at radius 3 is 0.765 bits per heavy atom. The zero-order valence-electron chi connectivity index (χ0n) is 75.1. The molecule has 0 spiro atoms. The number of ether oxygens (including phenoxy) is 6. The van der Waals surface area contributed by atoms with Crippen LogP contribution in [0.5, 0.6) is 23.0 Å². The fourth-order valence-corrected chi connectivity index (χ4v) is 25.6. The Hall–Kier alpha value is -15.3. The van der Waals surface area contributed by atoms with Crippen molar-refractivity contribution in [3.05, 3.63) is 366 Å². The van der Waals surface area contributed by atoms with Gasteiger partial charge in [0, 0.05) is 91.7 Å². The third-order valence-corrected chi connectivity index (χ3v) is 30.5. The Bertz CT molecular complexity index is 7340. The SMILES string of the molecule is CCCCOc1c2c(c(OCCCC)c3c1C1OC3C3C1C1(c4ccccc4)C(=O)C3(c3ccccc3)C(c3ccccc3)=C1c1ccccc1)-c1nc-2nc2[nH]c(nc3nc(nc4[nH]c(n1)c1cc([N+](=O)[O-])ccc41)-c1c(OCCCC)c4c(c(OCCCC)c1-3)C1OC4C3C1C1(c4ccccc4)C(=O)C3(c3ccccc3)C(c3ccccc3)=C1c1ccccc1)c1cc([N+](=O)[O-])ccc21. The Kier molecular flexibility index (Phi) is 19.3. The van der Waals surface area contributed by atoms with Gasteiger partial charge >= 0.3 is 0 Å². The van der Waals surface area contributed by atoms with Gasteiger partial charge in [0.2, 0.25) is 0 Å². The molecule has 2 N–H and O–H groups in total. The molecule has 16 bridgehead atoms. The summed E-state index contributed by atoms with van der Waals surface area (Å²) in [5.74, 6) is -0.438. The van der Waals surface area contributed by atoms with Gasteiger partial charge in [-0.15, -0.1) is 0 Å². The third kappa shape index (κ3) is 11.2. The van der Waals surface area contributed by atoms with E-state index in [9.17, 15) is 20.2 Å². The largest absolute Gasteiger partial charge is 0.492 e. The highest BCUT2D eigenvalue weighted by atomic mass is 16.6. The fourth-order valence-electron chi connectivity index (χ4n) is 25.6. The first-order valence-electron chi connectivity index (χ1n) is 47.6. The molecule has 4 fully saturated rings. The molecule has 4 aliphatic carbocycles. The molecule has 12 unspecified atom stereocenters. The maximum Gasteiger partial charge on any atom is 0.270 e. The molecule has 10 aliphatic rings. The number of H-pyrrole nitrogens is 2. The van der Waals surface area contributed by atoms with Gasteiger partial charge in [0.05, 0.1) is 105 Å². The number of benzene rings is 12. The summed E-state index contributed by atoms with van der Waals surface area (Å²) in [6.07, 6.45) is 1.97. The lowest BCUT2D eigenvalue weighted by molar-refractivity contribution is -0.384. The molecule has 15 aromatic rings. The molecule has 2 saturated carbocycles. The maximum absolute atomic E-state index is 18.0. The van der Waals surface area contributed by atoms with E-state index in [1.165, 1.54) is 24.3 Å². The zero-order valence-corrected chi connectivity index (χ0v) is 75.1. The van der Waals surface area contributed by atoms with Crippen LogP contribution in [0, 0.1) is 43.9 Å². The molecular formula is C114H92N10O12. The number of aromatic amines is 2. The van der Waals surface area contributed by atoms with E-state index in [-0.39, 0.29) is 95.3 Å². The number of nitro benzene ring substituents is 2. The predicted octanol–water partition coefficient (Wildman–Crippen LogP) is 24.3. The highest BCUT2D eigenvalue weighted by Crippen LogP contribution is 2.86. The molecule has 9 heterocycles. The Balaban J connectivity index is 0.793. The summed E-state index contributed by atoms with van der Waals surface area (Å²) >= 11 is 0. The van der Waals surface area contributed by atoms with Gasteiger partial charge < -0.3 is 38.4 Å². The van der Waals surface area contributed by atoms with E-state index in [1.807, 2.05) is 146 Å². The normalized spacial score (nSPS) is 23.4. The van der Waals surface area contributed by atoms with E-state index in [0.29, 0.717) is 115 Å². The van der Waals surface area contributed by atoms with Crippen molar-refractivity contribution in [2.24, 2.45) is 23.7 Å². The number of ketones is 2. The lowest BCUT2D eigenvalue weighted by Gasteiger charge is -2.45. The number of fused-ring (bicyclic) bond motifs is 44. The van der Waals surface area contributed by atoms with Crippen LogP contribution in [-0.2, 0) is 40.7 Å². The molecule has 25 rings (SSSR count). The first kappa shape index (κ1) is 82.6. The number of allylic oxidation sites excluding steroid dienone is 4. The molecule has 2 saturated heterocycles. The van der Waals surface area contributed by atoms with E-state index in [4.69, 9.17) is 58.3 Å². The second-order valence-electron chi connectivity index (χ2n) is 37.2. The van der Waals surface area contributed by atoms with Crippen LogP contribution in [-0.4, -0.2) is 87.7 Å². The number of nitro groups is 2. The number of aromatic nitrogens is 8. The molecular weight excluding hydrogens is 1700 g/mol. The third-order valence-electron chi connectivity index (χ3n) is 30.5. The molecule has 22 nitrogen and oxygen atoms in total. The minimum Gasteiger partial charge on any atom is -0.492 e. The Labute approximate surface area is 782 Å². The van der Waals surface area contributed by atoms with Crippen LogP contribution in [0.25, 0.3) is 112 Å². The van der Waals surface area contributed by atoms with Crippen LogP contribution in [0.1, 0.15) is 170 Å². The molecule has 22 heteroatoms. The summed E-state index contributed by atoms with van der Waals surface area (Å²) in [5.41, 5.74) is 9.40. The van der Waals surface area contributed by atoms with Crippen molar-refractivity contribution >= 4 is 89.4 Å². The van der Waals surface area contributed by atoms with Crippen LogP contribution < -0.4 is 18.9 Å². The monoisotopic (exact) mass is 1790 g/mol. The number of rotatable bonds is 26. The number of nitrogens with one attached hydrogen (secondary N) is 2. The number of hydrogen-bond acceptors (Lipinski definition) is 18. The molecule has 6 aliphatic heterocycles. The number of non-ortho nitro benzene ring substituents is 2. The lowest BCUT2D eigenvalue weighted by Crippen LogP contribution is -2.42. The van der Waals surface area contributed by atoms with Crippen LogP contribution >= 0.6 is 0 Å². The molecule has 0 amide bonds. The fraction of sp³-hybridized carbons (Fsp3) is 0.246. The molecule has 3 aromatic heterocycles. The topological polar surface area (TPSA) is 285 Å². The molecule has 136 heavy (non-hydrogen) atoms. The van der Waals surface area contributed by atoms with Crippen molar-refractivity contribution in [3.8, 4) is 68.5 Å². The molecule has 670 valence electrons. The van der Waals surface area contributed by atoms with Crippen molar-refractivity contribution in [1.29, 1.82) is 0 Å². The summed E-state index contributed by atoms with van der Waals surface area (Å²) < 4.78 is 46.5. The van der Waals surface area contributed by atoms with Crippen molar-refractivity contribution in [1.82, 2.24) is 39.9 Å². The number of unbranched alkanes of at least 4 members (excludes halogenated alkanes) is 4. The van der Waals surface area contributed by atoms with E-state index in [2.05, 4.69) is 135 Å². The van der Waals surface area contributed by atoms with Crippen molar-refractivity contribution in [2.45, 2.75) is 125 Å². The van der Waals surface area contributed by atoms with E-state index in [0.717, 1.165) is 92.5 Å². The molecule has 12 atom stereocenters. The first-order valence-corrected chi connectivity index (χ1v) is 47.6. The van der Waals surface area contributed by atoms with Crippen LogP contribution in [0.3, 0.4) is 0 Å². The minimum absolute atomic E-state index is 0.0340. The van der Waals surface area contributed by atoms with Gasteiger partial charge in [-0.2, -0.15) is 0 Å². The first-order chi connectivity index (χ1) is 66.8. The van der Waals surface area contributed by atoms with Gasteiger partial charge in [-0.1, -0.05) is 296 Å². The van der Waals surface area contributed by atoms with Crippen LogP contribution in [0.15, 0.2) is 279 Å². The maximum atomic E-state index is 18.0. The quantitative estimate of drug-likeness (QED) is 0.0289. The number of Topliss-reactive ketones (excluding diaryl/α,β-unsaturated/α-hetero) is 2. The van der Waals surface area contributed by atoms with Crippen LogP contribution in [0.4, 0.5) is 11.4 Å². The predicted molar refractivity (Wildman–Crippen MR) is 520 cm³/mol. The second-order valence-corrected chi connectivity index (χ2v) is 37.2. The second kappa shape index (κ2) is 31.7. The van der Waals surface area contributed by atoms with Crippen molar-refractivity contribution < 1.29 is 47.9 Å². The van der Waals surface area contributed by atoms with Gasteiger partial charge in [-0.25, -0.2) is 29.9 Å². The number of carbonyl (C=O) groups excluding carboxylic acids is 2. The smallest absolute Gasteiger partial charge is 0.270 e. The van der Waals surface area contributed by atoms with E-state index < -0.39 is 79.6 Å². The zero-order chi connectivity index (χ0) is 91.8. The number of nitrogens with zero attached hydrogens (tertiary/aromatic N) is 8. The van der Waals surface area contributed by atoms with Gasteiger partial charge in [0.25, 0.3) is 11.4 Å². The van der Waals surface area contributed by atoms with Crippen LogP contribution in [0.2, 0.25) is 0 Å². The summed E-state index contributed by atoms with van der Waals surface area (Å²) in [4.78, 5) is 104. The Morgan fingerprint density at radius 1 is 0.309 bits per heavy atom. The number of hydrogen-bond donors (Lipinski definition) is 2. The molecule has 0 radical (unpaired) electrons. The highest BCUT2D eigenvalue weighted by molar-refractivity contribution is 6.32. The average molecular weight is 1790 g/mol. The molecule has 12 aromatic carbocycles. The van der Waals surface area contributed by atoms with E-state index in [1.54, 1.807) is 12.1 Å². The standard InChI is InChI=1S/C114H92N10O12/c1-5-9-57-131-93-77-79(99-91-89(97(77)135-99)111(67-45-29-17-30-46-67)85(63-37-21-13-22-38-63)87(65-41-25-15-26-42-65)113(91,109(111)125)69-49-33-19-34-50-69)95(133-59-11-7-3)83-81(93)105-117-101-73-55-53-71(123(127)128)61-75(73)104(115-101)120-108-84-82(106(122-108)118-102-74-56-54-72(124(129)130)62-76(74)103(116-102)119-107(83)121-105)94(132-58-10-6-2)78-80(96(84)134-60-12-8-4)100-92-90(98(78)136-100)112(68-47-31-18-32-48-68)86(64-39-23-14-24-40-64)88(66-43-27-16-28-44-66)114(92,110(112)126)70-51-35-20-36-52-70/h13-56,61-62,89-92,97-100H,5-12,57-60H2,1-4H3,(H2,115,116,117,118,119,120,121,122). The van der Waals surface area contributed by atoms with E-state index >= 15 is 9.59 Å². The summed E-state index contributed by atoms with van der Waals surface area (Å²) in [7, 11) is 0. The summed E-state index contributed by atoms with van der Waals surface area (Å²) in [6.45, 7) is 9.26. The van der Waals surface area contributed by atoms with Crippen molar-refractivity contribution in [2.75, 3.05) is 26.4 Å². The lowest BCUT2D eigenvalue weighted by atomic mass is 9.54. The van der Waals surface area contributed by atoms with Gasteiger partial charge in [0.15, 0.2) is 34.9 Å². The van der Waals surface area contributed by atoms with Gasteiger partial charge in [-0.3, -0.25) is 29.8 Å². The summed E-state index contributed by atoms with van der Waals surface area (Å²) in [6, 6.07) is 91.4. The summed E-state index contributed by atoms with van der Waals surface area (Å²) in [5, 5.41) is 28.5. The van der Waals surface area contributed by atoms with Gasteiger partial charge in [-0.05, 0) is 105 Å². The number of carbonyl (C=O) groups is 2. The minimum atomic E-state index is -1.38. The van der Waals surface area contributed by atoms with Gasteiger partial charge in [0.1, 0.15) is 45.6 Å². The van der Waals surface area contributed by atoms with Crippen molar-refractivity contribution in [3.63, 3.8) is 0 Å². The highest BCUT2D eigenvalue weighted by Gasteiger charge is 2.85. The Morgan fingerprint density at radius 2 is 0.537 bits per heavy atom. The average Bonchev–Trinajstić information content (AvgIpc) is 1.45.